The van der Waals surface area contributed by atoms with Crippen molar-refractivity contribution in [3.05, 3.63) is 76.6 Å². The summed E-state index contributed by atoms with van der Waals surface area (Å²) in [6.45, 7) is 0. The zero-order valence-electron chi connectivity index (χ0n) is 14.2. The first kappa shape index (κ1) is 15.0. The van der Waals surface area contributed by atoms with Crippen molar-refractivity contribution in [2.75, 3.05) is 7.11 Å². The van der Waals surface area contributed by atoms with Crippen molar-refractivity contribution < 1.29 is 9.13 Å². The second kappa shape index (κ2) is 5.62. The van der Waals surface area contributed by atoms with Crippen LogP contribution in [0.4, 0.5) is 4.39 Å². The van der Waals surface area contributed by atoms with Gasteiger partial charge in [-0.05, 0) is 30.2 Å². The van der Waals surface area contributed by atoms with Crippen LogP contribution in [-0.2, 0) is 0 Å². The minimum absolute atomic E-state index is 0.0697. The smallest absolute Gasteiger partial charge is 0.165 e. The first-order chi connectivity index (χ1) is 12.8. The second-order valence-electron chi connectivity index (χ2n) is 6.43. The van der Waals surface area contributed by atoms with Gasteiger partial charge in [-0.2, -0.15) is 0 Å². The van der Waals surface area contributed by atoms with E-state index in [1.54, 1.807) is 18.5 Å². The fraction of sp³-hybridized carbons (Fsp3) is 0.150. The maximum absolute atomic E-state index is 14.2. The number of allylic oxidation sites excluding steroid dienone is 2. The molecule has 130 valence electrons. The SMILES string of the molecule is COc1ccc(C2CC=C3c4c(c[nH]c42)C=CC2=CN=CNN23)cc1F. The van der Waals surface area contributed by atoms with Crippen molar-refractivity contribution >= 4 is 18.1 Å². The second-order valence-corrected chi connectivity index (χ2v) is 6.43. The number of methoxy groups -OCH3 is 1. The Balaban J connectivity index is 1.61. The van der Waals surface area contributed by atoms with E-state index < -0.39 is 0 Å². The van der Waals surface area contributed by atoms with Crippen molar-refractivity contribution in [3.63, 3.8) is 0 Å². The monoisotopic (exact) mass is 348 g/mol. The van der Waals surface area contributed by atoms with Crippen LogP contribution in [0.2, 0.25) is 0 Å². The highest BCUT2D eigenvalue weighted by molar-refractivity contribution is 5.82. The Morgan fingerprint density at radius 3 is 3.08 bits per heavy atom. The molecule has 2 aliphatic heterocycles. The number of hydrogen-bond acceptors (Lipinski definition) is 4. The van der Waals surface area contributed by atoms with Gasteiger partial charge >= 0.3 is 0 Å². The third-order valence-corrected chi connectivity index (χ3v) is 5.07. The normalized spacial score (nSPS) is 19.8. The zero-order chi connectivity index (χ0) is 17.7. The third kappa shape index (κ3) is 2.12. The average Bonchev–Trinajstić information content (AvgIpc) is 3.02. The van der Waals surface area contributed by atoms with Gasteiger partial charge in [0.1, 0.15) is 6.34 Å². The lowest BCUT2D eigenvalue weighted by molar-refractivity contribution is 0.386. The molecule has 3 heterocycles. The number of fused-ring (bicyclic) bond motifs is 2. The van der Waals surface area contributed by atoms with Gasteiger partial charge in [-0.3, -0.25) is 10.4 Å². The van der Waals surface area contributed by atoms with Crippen molar-refractivity contribution in [1.82, 2.24) is 15.4 Å². The molecule has 2 N–H and O–H groups in total. The van der Waals surface area contributed by atoms with E-state index in [2.05, 4.69) is 27.6 Å². The maximum Gasteiger partial charge on any atom is 0.165 e. The molecular formula is C20H17FN4O. The molecule has 5 nitrogen and oxygen atoms in total. The van der Waals surface area contributed by atoms with E-state index in [-0.39, 0.29) is 17.5 Å². The van der Waals surface area contributed by atoms with Gasteiger partial charge in [0.05, 0.1) is 24.7 Å². The summed E-state index contributed by atoms with van der Waals surface area (Å²) in [5.74, 6) is -0.00244. The van der Waals surface area contributed by atoms with Gasteiger partial charge < -0.3 is 9.72 Å². The Labute approximate surface area is 150 Å². The van der Waals surface area contributed by atoms with Crippen molar-refractivity contribution in [2.24, 2.45) is 4.99 Å². The molecule has 26 heavy (non-hydrogen) atoms. The molecule has 1 aromatic heterocycles. The standard InChI is InChI=1S/C20H17FN4O/c1-26-18-7-3-12(8-16(18)21)15-5-6-17-19-13(9-23-20(15)19)2-4-14-10-22-11-24-25(14)17/h2-4,6-11,15,23H,5H2,1H3,(H,22,24). The molecule has 0 saturated carbocycles. The molecule has 0 saturated heterocycles. The number of aliphatic imine (C=N–C) groups is 1. The summed E-state index contributed by atoms with van der Waals surface area (Å²) in [6, 6.07) is 5.19. The number of rotatable bonds is 2. The minimum atomic E-state index is -0.337. The fourth-order valence-electron chi connectivity index (χ4n) is 3.84. The Bertz CT molecular complexity index is 1010. The molecule has 0 spiro atoms. The molecule has 0 bridgehead atoms. The van der Waals surface area contributed by atoms with Crippen molar-refractivity contribution in [1.29, 1.82) is 0 Å². The highest BCUT2D eigenvalue weighted by Crippen LogP contribution is 2.43. The highest BCUT2D eigenvalue weighted by atomic mass is 19.1. The van der Waals surface area contributed by atoms with Crippen LogP contribution in [0.15, 0.2) is 53.4 Å². The van der Waals surface area contributed by atoms with Crippen molar-refractivity contribution in [2.45, 2.75) is 12.3 Å². The van der Waals surface area contributed by atoms with Crippen LogP contribution in [0.1, 0.15) is 34.7 Å². The minimum Gasteiger partial charge on any atom is -0.494 e. The van der Waals surface area contributed by atoms with Gasteiger partial charge in [-0.1, -0.05) is 18.2 Å². The Morgan fingerprint density at radius 2 is 2.23 bits per heavy atom. The lowest BCUT2D eigenvalue weighted by atomic mass is 9.84. The Morgan fingerprint density at radius 1 is 1.31 bits per heavy atom. The molecule has 6 heteroatoms. The van der Waals surface area contributed by atoms with Gasteiger partial charge in [-0.25, -0.2) is 9.38 Å². The largest absolute Gasteiger partial charge is 0.494 e. The first-order valence-electron chi connectivity index (χ1n) is 8.47. The van der Waals surface area contributed by atoms with Gasteiger partial charge in [0, 0.05) is 28.9 Å². The van der Waals surface area contributed by atoms with Crippen LogP contribution in [0.25, 0.3) is 11.8 Å². The lowest BCUT2D eigenvalue weighted by Gasteiger charge is -2.32. The fourth-order valence-corrected chi connectivity index (χ4v) is 3.84. The average molecular weight is 348 g/mol. The number of benzene rings is 1. The summed E-state index contributed by atoms with van der Waals surface area (Å²) in [5.41, 5.74) is 9.54. The van der Waals surface area contributed by atoms with E-state index in [1.165, 1.54) is 7.11 Å². The third-order valence-electron chi connectivity index (χ3n) is 5.07. The van der Waals surface area contributed by atoms with E-state index in [1.807, 2.05) is 29.5 Å². The first-order valence-corrected chi connectivity index (χ1v) is 8.47. The number of hydrogen-bond donors (Lipinski definition) is 2. The summed E-state index contributed by atoms with van der Waals surface area (Å²) < 4.78 is 19.3. The summed E-state index contributed by atoms with van der Waals surface area (Å²) in [6.07, 6.45) is 12.6. The molecule has 1 aliphatic carbocycles. The predicted molar refractivity (Wildman–Crippen MR) is 98.8 cm³/mol. The lowest BCUT2D eigenvalue weighted by Crippen LogP contribution is -2.36. The van der Waals surface area contributed by atoms with E-state index in [4.69, 9.17) is 4.74 Å². The van der Waals surface area contributed by atoms with E-state index in [9.17, 15) is 4.39 Å². The van der Waals surface area contributed by atoms with Crippen molar-refractivity contribution in [3.8, 4) is 5.75 Å². The van der Waals surface area contributed by atoms with Crippen LogP contribution >= 0.6 is 0 Å². The number of nitrogens with one attached hydrogen (secondary N) is 2. The molecule has 3 aliphatic rings. The molecule has 5 rings (SSSR count). The molecule has 0 amide bonds. The van der Waals surface area contributed by atoms with Crippen LogP contribution in [0, 0.1) is 5.82 Å². The zero-order valence-corrected chi connectivity index (χ0v) is 14.2. The molecule has 1 atom stereocenters. The molecule has 2 aromatic rings. The quantitative estimate of drug-likeness (QED) is 0.869. The van der Waals surface area contributed by atoms with Gasteiger partial charge in [0.25, 0.3) is 0 Å². The molecule has 1 unspecified atom stereocenters. The summed E-state index contributed by atoms with van der Waals surface area (Å²) in [7, 11) is 1.48. The topological polar surface area (TPSA) is 52.6 Å². The maximum atomic E-state index is 14.2. The number of ether oxygens (including phenoxy) is 1. The number of hydrazine groups is 1. The number of nitrogens with zero attached hydrogens (tertiary/aromatic N) is 2. The van der Waals surface area contributed by atoms with E-state index in [0.29, 0.717) is 0 Å². The summed E-state index contributed by atoms with van der Waals surface area (Å²) in [4.78, 5) is 7.58. The number of halogens is 1. The Kier molecular flexibility index (Phi) is 3.25. The van der Waals surface area contributed by atoms with E-state index in [0.717, 1.165) is 40.2 Å². The molecular weight excluding hydrogens is 331 g/mol. The van der Waals surface area contributed by atoms with Crippen LogP contribution < -0.4 is 10.2 Å². The summed E-state index contributed by atoms with van der Waals surface area (Å²) in [5, 5.41) is 2.03. The number of aromatic amines is 1. The van der Waals surface area contributed by atoms with Crippen LogP contribution in [0.3, 0.4) is 0 Å². The van der Waals surface area contributed by atoms with Gasteiger partial charge in [0.15, 0.2) is 11.6 Å². The molecule has 0 fully saturated rings. The van der Waals surface area contributed by atoms with Gasteiger partial charge in [0.2, 0.25) is 0 Å². The summed E-state index contributed by atoms with van der Waals surface area (Å²) >= 11 is 0. The Hall–Kier alpha value is -3.28. The van der Waals surface area contributed by atoms with Crippen LogP contribution in [0.5, 0.6) is 5.75 Å². The highest BCUT2D eigenvalue weighted by Gasteiger charge is 2.32. The number of aromatic nitrogens is 1. The number of H-pyrrole nitrogens is 1. The molecule has 1 aromatic carbocycles. The van der Waals surface area contributed by atoms with E-state index >= 15 is 0 Å². The molecule has 0 radical (unpaired) electrons. The predicted octanol–water partition coefficient (Wildman–Crippen LogP) is 3.76. The van der Waals surface area contributed by atoms with Crippen LogP contribution in [-0.4, -0.2) is 23.4 Å². The van der Waals surface area contributed by atoms with Gasteiger partial charge in [-0.15, -0.1) is 0 Å².